The summed E-state index contributed by atoms with van der Waals surface area (Å²) in [7, 11) is -3.97. The SMILES string of the molecule is O=C(Nc1ccccc1)c1cccc(NS(=O)(=O)c2cc(Cl)ccc2Cl)c1. The van der Waals surface area contributed by atoms with Crippen molar-refractivity contribution in [3.05, 3.63) is 88.4 Å². The molecule has 1 amide bonds. The van der Waals surface area contributed by atoms with Crippen LogP contribution in [0, 0.1) is 0 Å². The molecule has 3 aromatic rings. The zero-order chi connectivity index (χ0) is 19.4. The highest BCUT2D eigenvalue weighted by molar-refractivity contribution is 7.92. The molecule has 0 heterocycles. The normalized spacial score (nSPS) is 11.0. The molecule has 0 aliphatic rings. The molecule has 0 saturated heterocycles. The Morgan fingerprint density at radius 1 is 0.815 bits per heavy atom. The van der Waals surface area contributed by atoms with E-state index in [2.05, 4.69) is 10.0 Å². The Hall–Kier alpha value is -2.54. The van der Waals surface area contributed by atoms with E-state index in [1.54, 1.807) is 36.4 Å². The van der Waals surface area contributed by atoms with Crippen LogP contribution in [0.2, 0.25) is 10.0 Å². The molecule has 2 N–H and O–H groups in total. The standard InChI is InChI=1S/C19H14Cl2N2O3S/c20-14-9-10-17(21)18(12-14)27(25,26)23-16-8-4-5-13(11-16)19(24)22-15-6-2-1-3-7-15/h1-12,23H,(H,22,24). The molecule has 3 rings (SSSR count). The van der Waals surface area contributed by atoms with Gasteiger partial charge in [0.15, 0.2) is 0 Å². The van der Waals surface area contributed by atoms with Crippen molar-refractivity contribution in [2.75, 3.05) is 10.0 Å². The molecular weight excluding hydrogens is 407 g/mol. The fourth-order valence-electron chi connectivity index (χ4n) is 2.34. The lowest BCUT2D eigenvalue weighted by Crippen LogP contribution is -2.15. The minimum atomic E-state index is -3.97. The number of benzene rings is 3. The van der Waals surface area contributed by atoms with Crippen molar-refractivity contribution in [2.24, 2.45) is 0 Å². The van der Waals surface area contributed by atoms with Crippen LogP contribution in [-0.2, 0) is 10.0 Å². The van der Waals surface area contributed by atoms with E-state index >= 15 is 0 Å². The van der Waals surface area contributed by atoms with Gasteiger partial charge >= 0.3 is 0 Å². The fourth-order valence-corrected chi connectivity index (χ4v) is 4.16. The number of anilines is 2. The Bertz CT molecular complexity index is 1090. The van der Waals surface area contributed by atoms with Crippen LogP contribution in [0.1, 0.15) is 10.4 Å². The zero-order valence-electron chi connectivity index (χ0n) is 13.8. The molecule has 0 spiro atoms. The maximum Gasteiger partial charge on any atom is 0.263 e. The third-order valence-electron chi connectivity index (χ3n) is 3.59. The van der Waals surface area contributed by atoms with E-state index in [1.165, 1.54) is 30.3 Å². The van der Waals surface area contributed by atoms with Gasteiger partial charge in [-0.25, -0.2) is 8.42 Å². The number of rotatable bonds is 5. The average molecular weight is 421 g/mol. The van der Waals surface area contributed by atoms with Crippen molar-refractivity contribution in [1.82, 2.24) is 0 Å². The Morgan fingerprint density at radius 3 is 2.26 bits per heavy atom. The van der Waals surface area contributed by atoms with Crippen molar-refractivity contribution >= 4 is 50.5 Å². The second kappa shape index (κ2) is 8.00. The topological polar surface area (TPSA) is 75.3 Å². The minimum absolute atomic E-state index is 0.0462. The number of amides is 1. The highest BCUT2D eigenvalue weighted by Crippen LogP contribution is 2.27. The summed E-state index contributed by atoms with van der Waals surface area (Å²) in [6.45, 7) is 0. The molecule has 0 aliphatic carbocycles. The number of halogens is 2. The van der Waals surface area contributed by atoms with Crippen LogP contribution in [0.4, 0.5) is 11.4 Å². The molecule has 0 aliphatic heterocycles. The Balaban J connectivity index is 1.83. The van der Waals surface area contributed by atoms with E-state index in [1.807, 2.05) is 6.07 Å². The molecule has 138 valence electrons. The summed E-state index contributed by atoms with van der Waals surface area (Å²) in [5.74, 6) is -0.358. The largest absolute Gasteiger partial charge is 0.322 e. The van der Waals surface area contributed by atoms with E-state index in [0.29, 0.717) is 11.3 Å². The molecule has 3 aromatic carbocycles. The van der Waals surface area contributed by atoms with Crippen molar-refractivity contribution in [2.45, 2.75) is 4.90 Å². The lowest BCUT2D eigenvalue weighted by Gasteiger charge is -2.11. The van der Waals surface area contributed by atoms with Gasteiger partial charge < -0.3 is 5.32 Å². The zero-order valence-corrected chi connectivity index (χ0v) is 16.1. The lowest BCUT2D eigenvalue weighted by molar-refractivity contribution is 0.102. The van der Waals surface area contributed by atoms with Gasteiger partial charge in [0.05, 0.1) is 5.02 Å². The molecule has 0 radical (unpaired) electrons. The molecule has 0 atom stereocenters. The fraction of sp³-hybridized carbons (Fsp3) is 0. The van der Waals surface area contributed by atoms with Crippen molar-refractivity contribution in [3.8, 4) is 0 Å². The first-order valence-electron chi connectivity index (χ1n) is 7.79. The second-order valence-electron chi connectivity index (χ2n) is 5.58. The van der Waals surface area contributed by atoms with E-state index < -0.39 is 10.0 Å². The second-order valence-corrected chi connectivity index (χ2v) is 8.08. The van der Waals surface area contributed by atoms with Gasteiger partial charge in [-0.3, -0.25) is 9.52 Å². The maximum atomic E-state index is 12.6. The molecular formula is C19H14Cl2N2O3S. The molecule has 27 heavy (non-hydrogen) atoms. The number of sulfonamides is 1. The monoisotopic (exact) mass is 420 g/mol. The van der Waals surface area contributed by atoms with Gasteiger partial charge in [0, 0.05) is 22.0 Å². The molecule has 0 unspecified atom stereocenters. The third-order valence-corrected chi connectivity index (χ3v) is 5.69. The summed E-state index contributed by atoms with van der Waals surface area (Å²) in [6, 6.07) is 19.3. The first-order valence-corrected chi connectivity index (χ1v) is 10.0. The Morgan fingerprint density at radius 2 is 1.52 bits per heavy atom. The third kappa shape index (κ3) is 4.80. The first-order chi connectivity index (χ1) is 12.8. The summed E-state index contributed by atoms with van der Waals surface area (Å²) in [6.07, 6.45) is 0. The van der Waals surface area contributed by atoms with Gasteiger partial charge in [-0.2, -0.15) is 0 Å². The predicted molar refractivity (Wildman–Crippen MR) is 108 cm³/mol. The Labute approximate surface area is 167 Å². The quantitative estimate of drug-likeness (QED) is 0.606. The van der Waals surface area contributed by atoms with Gasteiger partial charge in [0.25, 0.3) is 15.9 Å². The number of nitrogens with one attached hydrogen (secondary N) is 2. The van der Waals surface area contributed by atoms with Gasteiger partial charge in [-0.05, 0) is 48.5 Å². The number of carbonyl (C=O) groups excluding carboxylic acids is 1. The van der Waals surface area contributed by atoms with Gasteiger partial charge in [-0.15, -0.1) is 0 Å². The van der Waals surface area contributed by atoms with Crippen LogP contribution in [0.25, 0.3) is 0 Å². The summed E-state index contributed by atoms with van der Waals surface area (Å²) in [5.41, 5.74) is 1.17. The summed E-state index contributed by atoms with van der Waals surface area (Å²) >= 11 is 11.8. The number of hydrogen-bond donors (Lipinski definition) is 2. The average Bonchev–Trinajstić information content (AvgIpc) is 2.64. The molecule has 0 fully saturated rings. The summed E-state index contributed by atoms with van der Waals surface area (Å²) < 4.78 is 27.6. The molecule has 0 bridgehead atoms. The van der Waals surface area contributed by atoms with E-state index in [9.17, 15) is 13.2 Å². The smallest absolute Gasteiger partial charge is 0.263 e. The lowest BCUT2D eigenvalue weighted by atomic mass is 10.2. The van der Waals surface area contributed by atoms with Crippen LogP contribution in [0.3, 0.4) is 0 Å². The highest BCUT2D eigenvalue weighted by atomic mass is 35.5. The van der Waals surface area contributed by atoms with Crippen LogP contribution in [-0.4, -0.2) is 14.3 Å². The van der Waals surface area contributed by atoms with Gasteiger partial charge in [-0.1, -0.05) is 47.5 Å². The van der Waals surface area contributed by atoms with Crippen LogP contribution in [0.15, 0.2) is 77.7 Å². The Kier molecular flexibility index (Phi) is 5.70. The first kappa shape index (κ1) is 19.2. The van der Waals surface area contributed by atoms with Gasteiger partial charge in [0.2, 0.25) is 0 Å². The van der Waals surface area contributed by atoms with Crippen LogP contribution >= 0.6 is 23.2 Å². The highest BCUT2D eigenvalue weighted by Gasteiger charge is 2.19. The minimum Gasteiger partial charge on any atom is -0.322 e. The summed E-state index contributed by atoms with van der Waals surface area (Å²) in [4.78, 5) is 12.2. The number of carbonyl (C=O) groups is 1. The molecule has 5 nitrogen and oxygen atoms in total. The molecule has 0 aromatic heterocycles. The van der Waals surface area contributed by atoms with Gasteiger partial charge in [0.1, 0.15) is 4.90 Å². The number of hydrogen-bond acceptors (Lipinski definition) is 3. The predicted octanol–water partition coefficient (Wildman–Crippen LogP) is 5.05. The summed E-state index contributed by atoms with van der Waals surface area (Å²) in [5, 5.41) is 3.03. The van der Waals surface area contributed by atoms with E-state index in [0.717, 1.165) is 0 Å². The molecule has 0 saturated carbocycles. The van der Waals surface area contributed by atoms with Crippen molar-refractivity contribution in [1.29, 1.82) is 0 Å². The van der Waals surface area contributed by atoms with Crippen molar-refractivity contribution in [3.63, 3.8) is 0 Å². The van der Waals surface area contributed by atoms with E-state index in [4.69, 9.17) is 23.2 Å². The van der Waals surface area contributed by atoms with Crippen molar-refractivity contribution < 1.29 is 13.2 Å². The maximum absolute atomic E-state index is 12.6. The number of para-hydroxylation sites is 1. The van der Waals surface area contributed by atoms with Crippen LogP contribution < -0.4 is 10.0 Å². The van der Waals surface area contributed by atoms with E-state index in [-0.39, 0.29) is 26.5 Å². The van der Waals surface area contributed by atoms with Crippen LogP contribution in [0.5, 0.6) is 0 Å². The molecule has 8 heteroatoms.